The zero-order valence-corrected chi connectivity index (χ0v) is 13.3. The summed E-state index contributed by atoms with van der Waals surface area (Å²) in [6.07, 6.45) is 0.0639. The van der Waals surface area contributed by atoms with Gasteiger partial charge < -0.3 is 15.3 Å². The highest BCUT2D eigenvalue weighted by Crippen LogP contribution is 2.01. The Kier molecular flexibility index (Phi) is 6.67. The number of nitrogens with one attached hydrogen (secondary N) is 2. The number of aliphatic hydroxyl groups excluding tert-OH is 1. The lowest BCUT2D eigenvalue weighted by Gasteiger charge is -2.15. The van der Waals surface area contributed by atoms with Gasteiger partial charge in [0.1, 0.15) is 6.04 Å². The third kappa shape index (κ3) is 5.74. The molecule has 0 spiro atoms. The molecule has 2 amide bonds. The number of carbonyl (C=O) groups excluding carboxylic acids is 3. The van der Waals surface area contributed by atoms with Gasteiger partial charge in [0.05, 0.1) is 18.6 Å². The quantitative estimate of drug-likeness (QED) is 0.667. The molecule has 0 unspecified atom stereocenters. The van der Waals surface area contributed by atoms with E-state index in [0.717, 1.165) is 5.56 Å². The standard InChI is InChI=1S/C18H18N2O5/c21-12-15(19-16(22)11-13-7-3-1-4-8-13)17(23)20-25-18(24)14-9-5-2-6-10-14/h1-10,15,21H,11-12H2,(H,19,22)(H,20,23)/t15-/m0/s1. The van der Waals surface area contributed by atoms with E-state index in [1.54, 1.807) is 42.5 Å². The summed E-state index contributed by atoms with van der Waals surface area (Å²) in [6, 6.07) is 15.8. The smallest absolute Gasteiger partial charge is 0.362 e. The lowest BCUT2D eigenvalue weighted by Crippen LogP contribution is -2.49. The van der Waals surface area contributed by atoms with Crippen molar-refractivity contribution in [3.05, 3.63) is 71.8 Å². The Hall–Kier alpha value is -3.19. The largest absolute Gasteiger partial charge is 0.394 e. The van der Waals surface area contributed by atoms with E-state index in [9.17, 15) is 19.5 Å². The third-order valence-corrected chi connectivity index (χ3v) is 3.30. The molecule has 0 saturated heterocycles. The molecule has 0 heterocycles. The molecule has 2 aromatic rings. The molecule has 3 N–H and O–H groups in total. The Morgan fingerprint density at radius 1 is 0.960 bits per heavy atom. The zero-order chi connectivity index (χ0) is 18.1. The van der Waals surface area contributed by atoms with Crippen molar-refractivity contribution in [2.24, 2.45) is 0 Å². The van der Waals surface area contributed by atoms with E-state index in [-0.39, 0.29) is 12.0 Å². The van der Waals surface area contributed by atoms with Crippen molar-refractivity contribution >= 4 is 17.8 Å². The van der Waals surface area contributed by atoms with Gasteiger partial charge in [-0.05, 0) is 17.7 Å². The summed E-state index contributed by atoms with van der Waals surface area (Å²) in [5.74, 6) is -2.01. The van der Waals surface area contributed by atoms with Crippen LogP contribution in [0.4, 0.5) is 0 Å². The number of aliphatic hydroxyl groups is 1. The van der Waals surface area contributed by atoms with Crippen LogP contribution in [-0.4, -0.2) is 35.5 Å². The van der Waals surface area contributed by atoms with Gasteiger partial charge in [-0.2, -0.15) is 5.48 Å². The highest BCUT2D eigenvalue weighted by Gasteiger charge is 2.21. The summed E-state index contributed by atoms with van der Waals surface area (Å²) >= 11 is 0. The Labute approximate surface area is 144 Å². The van der Waals surface area contributed by atoms with E-state index < -0.39 is 30.4 Å². The number of amides is 2. The molecule has 2 rings (SSSR count). The van der Waals surface area contributed by atoms with Crippen molar-refractivity contribution in [2.75, 3.05) is 6.61 Å². The van der Waals surface area contributed by atoms with Crippen molar-refractivity contribution in [3.8, 4) is 0 Å². The maximum atomic E-state index is 11.9. The highest BCUT2D eigenvalue weighted by atomic mass is 16.7. The molecular formula is C18H18N2O5. The number of hydrogen-bond acceptors (Lipinski definition) is 5. The zero-order valence-electron chi connectivity index (χ0n) is 13.3. The second-order valence-electron chi connectivity index (χ2n) is 5.19. The molecule has 0 radical (unpaired) electrons. The fourth-order valence-electron chi connectivity index (χ4n) is 2.02. The molecular weight excluding hydrogens is 324 g/mol. The highest BCUT2D eigenvalue weighted by molar-refractivity contribution is 5.92. The van der Waals surface area contributed by atoms with Crippen molar-refractivity contribution in [2.45, 2.75) is 12.5 Å². The molecule has 0 aromatic heterocycles. The van der Waals surface area contributed by atoms with Crippen LogP contribution in [0.2, 0.25) is 0 Å². The molecule has 0 fully saturated rings. The minimum absolute atomic E-state index is 0.0639. The Morgan fingerprint density at radius 3 is 2.16 bits per heavy atom. The van der Waals surface area contributed by atoms with E-state index >= 15 is 0 Å². The Balaban J connectivity index is 1.83. The number of rotatable bonds is 6. The first kappa shape index (κ1) is 18.2. The van der Waals surface area contributed by atoms with Crippen LogP contribution in [0.1, 0.15) is 15.9 Å². The molecule has 25 heavy (non-hydrogen) atoms. The molecule has 0 aliphatic rings. The van der Waals surface area contributed by atoms with Crippen LogP contribution >= 0.6 is 0 Å². The normalized spacial score (nSPS) is 11.2. The van der Waals surface area contributed by atoms with Gasteiger partial charge >= 0.3 is 5.97 Å². The monoisotopic (exact) mass is 342 g/mol. The van der Waals surface area contributed by atoms with Crippen molar-refractivity contribution in [1.29, 1.82) is 0 Å². The first-order chi connectivity index (χ1) is 12.1. The van der Waals surface area contributed by atoms with E-state index in [4.69, 9.17) is 0 Å². The summed E-state index contributed by atoms with van der Waals surface area (Å²) < 4.78 is 0. The molecule has 7 nitrogen and oxygen atoms in total. The van der Waals surface area contributed by atoms with Crippen molar-refractivity contribution in [3.63, 3.8) is 0 Å². The lowest BCUT2D eigenvalue weighted by molar-refractivity contribution is -0.136. The average molecular weight is 342 g/mol. The Morgan fingerprint density at radius 2 is 1.56 bits per heavy atom. The van der Waals surface area contributed by atoms with Gasteiger partial charge in [-0.15, -0.1) is 0 Å². The van der Waals surface area contributed by atoms with Gasteiger partial charge in [-0.25, -0.2) is 4.79 Å². The predicted octanol–water partition coefficient (Wildman–Crippen LogP) is 0.594. The van der Waals surface area contributed by atoms with Crippen LogP contribution < -0.4 is 10.8 Å². The summed E-state index contributed by atoms with van der Waals surface area (Å²) in [6.45, 7) is -0.630. The topological polar surface area (TPSA) is 105 Å². The maximum Gasteiger partial charge on any atom is 0.362 e. The average Bonchev–Trinajstić information content (AvgIpc) is 2.65. The summed E-state index contributed by atoms with van der Waals surface area (Å²) in [7, 11) is 0. The minimum Gasteiger partial charge on any atom is -0.394 e. The van der Waals surface area contributed by atoms with Crippen molar-refractivity contribution in [1.82, 2.24) is 10.8 Å². The number of hydrogen-bond donors (Lipinski definition) is 3. The minimum atomic E-state index is -1.22. The van der Waals surface area contributed by atoms with Crippen LogP contribution in [0.25, 0.3) is 0 Å². The summed E-state index contributed by atoms with van der Waals surface area (Å²) in [5.41, 5.74) is 2.97. The van der Waals surface area contributed by atoms with Gasteiger partial charge in [0, 0.05) is 0 Å². The molecule has 0 bridgehead atoms. The van der Waals surface area contributed by atoms with E-state index in [1.165, 1.54) is 12.1 Å². The van der Waals surface area contributed by atoms with E-state index in [2.05, 4.69) is 10.2 Å². The van der Waals surface area contributed by atoms with Crippen LogP contribution in [-0.2, 0) is 20.8 Å². The summed E-state index contributed by atoms with van der Waals surface area (Å²) in [5, 5.41) is 11.7. The molecule has 130 valence electrons. The molecule has 2 aromatic carbocycles. The van der Waals surface area contributed by atoms with Crippen molar-refractivity contribution < 1.29 is 24.3 Å². The second-order valence-corrected chi connectivity index (χ2v) is 5.19. The van der Waals surface area contributed by atoms with Crippen LogP contribution in [0.5, 0.6) is 0 Å². The molecule has 1 atom stereocenters. The molecule has 0 aliphatic carbocycles. The molecule has 0 saturated carbocycles. The second kappa shape index (κ2) is 9.19. The molecule has 0 aliphatic heterocycles. The van der Waals surface area contributed by atoms with Gasteiger partial charge in [-0.3, -0.25) is 9.59 Å². The van der Waals surface area contributed by atoms with Crippen LogP contribution in [0.15, 0.2) is 60.7 Å². The summed E-state index contributed by atoms with van der Waals surface area (Å²) in [4.78, 5) is 40.3. The lowest BCUT2D eigenvalue weighted by atomic mass is 10.1. The van der Waals surface area contributed by atoms with Crippen LogP contribution in [0.3, 0.4) is 0 Å². The van der Waals surface area contributed by atoms with Gasteiger partial charge in [0.25, 0.3) is 5.91 Å². The SMILES string of the molecule is O=C(Cc1ccccc1)N[C@@H](CO)C(=O)NOC(=O)c1ccccc1. The van der Waals surface area contributed by atoms with Gasteiger partial charge in [0.15, 0.2) is 0 Å². The predicted molar refractivity (Wildman–Crippen MR) is 89.2 cm³/mol. The first-order valence-electron chi connectivity index (χ1n) is 7.60. The number of carbonyl (C=O) groups is 3. The van der Waals surface area contributed by atoms with E-state index in [0.29, 0.717) is 0 Å². The van der Waals surface area contributed by atoms with Gasteiger partial charge in [-0.1, -0.05) is 48.5 Å². The number of benzene rings is 2. The fraction of sp³-hybridized carbons (Fsp3) is 0.167. The Bertz CT molecular complexity index is 719. The van der Waals surface area contributed by atoms with Gasteiger partial charge in [0.2, 0.25) is 5.91 Å². The first-order valence-corrected chi connectivity index (χ1v) is 7.60. The fourth-order valence-corrected chi connectivity index (χ4v) is 2.02. The number of hydroxylamine groups is 1. The maximum absolute atomic E-state index is 11.9. The van der Waals surface area contributed by atoms with E-state index in [1.807, 2.05) is 11.5 Å². The third-order valence-electron chi connectivity index (χ3n) is 3.30. The molecule has 7 heteroatoms. The van der Waals surface area contributed by atoms with Crippen LogP contribution in [0, 0.1) is 0 Å².